The maximum absolute atomic E-state index is 10.2. The van der Waals surface area contributed by atoms with Crippen LogP contribution in [0, 0.1) is 0 Å². The van der Waals surface area contributed by atoms with E-state index in [1.165, 1.54) is 12.3 Å². The molecule has 11 heavy (non-hydrogen) atoms. The fourth-order valence-electron chi connectivity index (χ4n) is 0.528. The summed E-state index contributed by atoms with van der Waals surface area (Å²) in [4.78, 5) is 13.7. The molecule has 0 amide bonds. The Labute approximate surface area is 80.6 Å². The van der Waals surface area contributed by atoms with E-state index in [1.807, 2.05) is 0 Å². The molecule has 0 aliphatic heterocycles. The van der Waals surface area contributed by atoms with Crippen molar-refractivity contribution < 1.29 is 28.8 Å². The van der Waals surface area contributed by atoms with Gasteiger partial charge in [-0.25, -0.2) is 0 Å². The third kappa shape index (κ3) is 2.55. The Morgan fingerprint density at radius 3 is 2.64 bits per heavy atom. The van der Waals surface area contributed by atoms with Crippen LogP contribution in [-0.2, 0) is 0 Å². The number of pyridine rings is 1. The largest absolute Gasteiger partial charge is 1.00 e. The quantitative estimate of drug-likeness (QED) is 0.418. The Hall–Kier alpha value is -0.493. The number of carboxylic acids is 1. The van der Waals surface area contributed by atoms with Gasteiger partial charge in [0.05, 0.1) is 11.0 Å². The minimum atomic E-state index is -1.31. The summed E-state index contributed by atoms with van der Waals surface area (Å²) in [7, 11) is 0. The first-order valence-electron chi connectivity index (χ1n) is 2.52. The molecule has 0 spiro atoms. The van der Waals surface area contributed by atoms with Crippen molar-refractivity contribution in [3.8, 4) is 0 Å². The summed E-state index contributed by atoms with van der Waals surface area (Å²) in [6, 6.07) is 1.40. The van der Waals surface area contributed by atoms with Crippen LogP contribution in [0.5, 0.6) is 0 Å². The number of hydrogen-bond acceptors (Lipinski definition) is 3. The van der Waals surface area contributed by atoms with Crippen molar-refractivity contribution in [3.63, 3.8) is 0 Å². The van der Waals surface area contributed by atoms with E-state index in [0.29, 0.717) is 0 Å². The molecule has 0 radical (unpaired) electrons. The summed E-state index contributed by atoms with van der Waals surface area (Å²) in [5.74, 6) is -1.31. The molecule has 0 bridgehead atoms. The van der Waals surface area contributed by atoms with Crippen LogP contribution in [0.2, 0.25) is 5.02 Å². The molecule has 0 aliphatic carbocycles. The van der Waals surface area contributed by atoms with Gasteiger partial charge in [0.1, 0.15) is 0 Å². The van der Waals surface area contributed by atoms with Crippen molar-refractivity contribution >= 4 is 17.6 Å². The molecule has 0 unspecified atom stereocenters. The second kappa shape index (κ2) is 4.40. The zero-order chi connectivity index (χ0) is 7.56. The van der Waals surface area contributed by atoms with Crippen LogP contribution in [0.25, 0.3) is 0 Å². The molecule has 5 heteroatoms. The zero-order valence-electron chi connectivity index (χ0n) is 5.87. The summed E-state index contributed by atoms with van der Waals surface area (Å²) in [6.45, 7) is 0. The maximum Gasteiger partial charge on any atom is 1.00 e. The maximum atomic E-state index is 10.2. The molecule has 0 aromatic carbocycles. The van der Waals surface area contributed by atoms with E-state index in [1.54, 1.807) is 0 Å². The van der Waals surface area contributed by atoms with Gasteiger partial charge >= 0.3 is 18.9 Å². The van der Waals surface area contributed by atoms with Crippen molar-refractivity contribution in [1.82, 2.24) is 4.98 Å². The zero-order valence-corrected chi connectivity index (χ0v) is 6.63. The molecule has 0 N–H and O–H groups in total. The average molecular weight is 163 g/mol. The minimum Gasteiger partial charge on any atom is -0.545 e. The molecule has 0 aliphatic rings. The van der Waals surface area contributed by atoms with E-state index in [0.717, 1.165) is 6.20 Å². The van der Waals surface area contributed by atoms with E-state index in [9.17, 15) is 9.90 Å². The van der Waals surface area contributed by atoms with E-state index in [2.05, 4.69) is 4.98 Å². The molecule has 1 aromatic heterocycles. The predicted molar refractivity (Wildman–Crippen MR) is 33.6 cm³/mol. The van der Waals surface area contributed by atoms with Gasteiger partial charge in [-0.15, -0.1) is 0 Å². The average Bonchev–Trinajstić information content (AvgIpc) is 1.88. The van der Waals surface area contributed by atoms with Crippen molar-refractivity contribution in [2.45, 2.75) is 0 Å². The molecule has 3 nitrogen and oxygen atoms in total. The van der Waals surface area contributed by atoms with Crippen LogP contribution in [0.1, 0.15) is 10.4 Å². The first kappa shape index (κ1) is 10.5. The first-order chi connectivity index (χ1) is 4.72. The summed E-state index contributed by atoms with van der Waals surface area (Å²) < 4.78 is 0. The Bertz CT molecular complexity index is 267. The Morgan fingerprint density at radius 1 is 1.64 bits per heavy atom. The van der Waals surface area contributed by atoms with Gasteiger partial charge in [-0.3, -0.25) is 4.98 Å². The molecule has 0 atom stereocenters. The number of aromatic carboxylic acids is 1. The van der Waals surface area contributed by atoms with Crippen LogP contribution >= 0.6 is 11.6 Å². The molecule has 1 heterocycles. The second-order valence-corrected chi connectivity index (χ2v) is 2.05. The SMILES string of the molecule is O=C([O-])c1cnccc1Cl.[Li+]. The van der Waals surface area contributed by atoms with Crippen LogP contribution in [0.3, 0.4) is 0 Å². The van der Waals surface area contributed by atoms with E-state index < -0.39 is 5.97 Å². The predicted octanol–water partition coefficient (Wildman–Crippen LogP) is -2.90. The molecule has 1 aromatic rings. The number of carbonyl (C=O) groups is 1. The number of carboxylic acid groups (broad SMARTS) is 1. The van der Waals surface area contributed by atoms with Gasteiger partial charge in [-0.05, 0) is 6.07 Å². The van der Waals surface area contributed by atoms with Crippen molar-refractivity contribution in [2.24, 2.45) is 0 Å². The summed E-state index contributed by atoms with van der Waals surface area (Å²) >= 11 is 5.46. The minimum absolute atomic E-state index is 0. The normalized spacial score (nSPS) is 8.45. The van der Waals surface area contributed by atoms with Gasteiger partial charge in [-0.1, -0.05) is 11.6 Å². The Balaban J connectivity index is 0.000001000. The van der Waals surface area contributed by atoms with Gasteiger partial charge in [0.2, 0.25) is 0 Å². The van der Waals surface area contributed by atoms with Crippen molar-refractivity contribution in [1.29, 1.82) is 0 Å². The third-order valence-corrected chi connectivity index (χ3v) is 1.32. The molecule has 0 saturated carbocycles. The van der Waals surface area contributed by atoms with Crippen LogP contribution < -0.4 is 24.0 Å². The number of halogens is 1. The van der Waals surface area contributed by atoms with Gasteiger partial charge in [0.15, 0.2) is 0 Å². The molecule has 0 fully saturated rings. The molecule has 0 saturated heterocycles. The fraction of sp³-hybridized carbons (Fsp3) is 0. The molecule has 52 valence electrons. The van der Waals surface area contributed by atoms with Crippen molar-refractivity contribution in [2.75, 3.05) is 0 Å². The Morgan fingerprint density at radius 2 is 2.27 bits per heavy atom. The van der Waals surface area contributed by atoms with Crippen LogP contribution in [-0.4, -0.2) is 11.0 Å². The fourth-order valence-corrected chi connectivity index (χ4v) is 0.710. The number of nitrogens with zero attached hydrogens (tertiary/aromatic N) is 1. The number of aromatic nitrogens is 1. The molecule has 1 rings (SSSR count). The van der Waals surface area contributed by atoms with E-state index in [4.69, 9.17) is 11.6 Å². The Kier molecular flexibility index (Phi) is 4.20. The monoisotopic (exact) mass is 163 g/mol. The van der Waals surface area contributed by atoms with Gasteiger partial charge in [-0.2, -0.15) is 0 Å². The summed E-state index contributed by atoms with van der Waals surface area (Å²) in [5, 5.41) is 10.3. The van der Waals surface area contributed by atoms with Crippen molar-refractivity contribution in [3.05, 3.63) is 29.0 Å². The first-order valence-corrected chi connectivity index (χ1v) is 2.90. The summed E-state index contributed by atoms with van der Waals surface area (Å²) in [6.07, 6.45) is 2.56. The summed E-state index contributed by atoms with van der Waals surface area (Å²) in [5.41, 5.74) is -0.0795. The van der Waals surface area contributed by atoms with Crippen LogP contribution in [0.4, 0.5) is 0 Å². The molecular weight excluding hydrogens is 160 g/mol. The van der Waals surface area contributed by atoms with Gasteiger partial charge in [0.25, 0.3) is 0 Å². The molecular formula is C6H3ClLiNO2. The topological polar surface area (TPSA) is 53.0 Å². The number of carbonyl (C=O) groups excluding carboxylic acids is 1. The standard InChI is InChI=1S/C6H4ClNO2.Li/c7-5-1-2-8-3-4(5)6(9)10;/h1-3H,(H,9,10);/q;+1/p-1. The number of rotatable bonds is 1. The van der Waals surface area contributed by atoms with Crippen LogP contribution in [0.15, 0.2) is 18.5 Å². The van der Waals surface area contributed by atoms with Gasteiger partial charge < -0.3 is 9.90 Å². The van der Waals surface area contributed by atoms with Gasteiger partial charge in [0, 0.05) is 18.0 Å². The second-order valence-electron chi connectivity index (χ2n) is 1.64. The third-order valence-electron chi connectivity index (χ3n) is 0.988. The van der Waals surface area contributed by atoms with E-state index in [-0.39, 0.29) is 29.4 Å². The van der Waals surface area contributed by atoms with E-state index >= 15 is 0 Å². The number of hydrogen-bond donors (Lipinski definition) is 0. The smallest absolute Gasteiger partial charge is 0.545 e.